The standard InChI is InChI=1S/C26H30FN3O2/c1-28-24(31)9-4-14-26(28)18-29(16-22(26)19-10-12-21(27)13-11-19)17-25(32)30-15-5-7-20-6-2-3-8-23(20)30/h2-3,6,8,10-13,22H,4-5,7,9,14-18H2,1H3/t22-,26+/m0/s1. The van der Waals surface area contributed by atoms with E-state index in [4.69, 9.17) is 0 Å². The van der Waals surface area contributed by atoms with Crippen LogP contribution in [0, 0.1) is 5.82 Å². The van der Waals surface area contributed by atoms with Gasteiger partial charge in [0.15, 0.2) is 0 Å². The Morgan fingerprint density at radius 1 is 1.09 bits per heavy atom. The number of rotatable bonds is 3. The highest BCUT2D eigenvalue weighted by atomic mass is 19.1. The molecule has 2 saturated heterocycles. The zero-order valence-corrected chi connectivity index (χ0v) is 18.6. The average molecular weight is 436 g/mol. The van der Waals surface area contributed by atoms with Crippen molar-refractivity contribution in [2.24, 2.45) is 0 Å². The Balaban J connectivity index is 1.41. The summed E-state index contributed by atoms with van der Waals surface area (Å²) in [4.78, 5) is 32.1. The van der Waals surface area contributed by atoms with Crippen molar-refractivity contribution in [2.45, 2.75) is 43.6 Å². The van der Waals surface area contributed by atoms with Crippen molar-refractivity contribution in [1.29, 1.82) is 0 Å². The van der Waals surface area contributed by atoms with E-state index in [0.717, 1.165) is 43.5 Å². The maximum Gasteiger partial charge on any atom is 0.241 e. The first-order valence-electron chi connectivity index (χ1n) is 11.6. The van der Waals surface area contributed by atoms with Gasteiger partial charge in [-0.05, 0) is 55.0 Å². The molecule has 2 atom stereocenters. The first-order valence-corrected chi connectivity index (χ1v) is 11.6. The van der Waals surface area contributed by atoms with Crippen LogP contribution in [0.3, 0.4) is 0 Å². The number of halogens is 1. The Labute approximate surface area is 188 Å². The molecule has 0 unspecified atom stereocenters. The molecule has 3 aliphatic rings. The number of nitrogens with zero attached hydrogens (tertiary/aromatic N) is 3. The van der Waals surface area contributed by atoms with E-state index in [1.165, 1.54) is 17.7 Å². The number of anilines is 1. The summed E-state index contributed by atoms with van der Waals surface area (Å²) < 4.78 is 13.6. The molecule has 0 radical (unpaired) electrons. The Kier molecular flexibility index (Phi) is 5.49. The van der Waals surface area contributed by atoms with Gasteiger partial charge in [0.05, 0.1) is 12.1 Å². The number of carbonyl (C=O) groups excluding carboxylic acids is 2. The summed E-state index contributed by atoms with van der Waals surface area (Å²) in [5.74, 6) is 0.0572. The predicted molar refractivity (Wildman–Crippen MR) is 122 cm³/mol. The summed E-state index contributed by atoms with van der Waals surface area (Å²) in [5.41, 5.74) is 2.93. The lowest BCUT2D eigenvalue weighted by Gasteiger charge is -2.46. The van der Waals surface area contributed by atoms with E-state index in [0.29, 0.717) is 26.1 Å². The Bertz CT molecular complexity index is 1020. The maximum atomic E-state index is 13.6. The van der Waals surface area contributed by atoms with Crippen LogP contribution in [0.25, 0.3) is 0 Å². The van der Waals surface area contributed by atoms with Gasteiger partial charge in [0.1, 0.15) is 5.82 Å². The molecule has 0 aliphatic carbocycles. The van der Waals surface area contributed by atoms with Crippen LogP contribution < -0.4 is 4.90 Å². The number of hydrogen-bond acceptors (Lipinski definition) is 3. The number of carbonyl (C=O) groups is 2. The van der Waals surface area contributed by atoms with Crippen LogP contribution in [-0.2, 0) is 16.0 Å². The Hall–Kier alpha value is -2.73. The van der Waals surface area contributed by atoms with Crippen molar-refractivity contribution < 1.29 is 14.0 Å². The van der Waals surface area contributed by atoms with E-state index in [-0.39, 0.29) is 29.1 Å². The number of likely N-dealkylation sites (N-methyl/N-ethyl adjacent to an activating group) is 1. The molecule has 2 amide bonds. The highest BCUT2D eigenvalue weighted by Gasteiger charge is 2.52. The normalized spacial score (nSPS) is 25.9. The second-order valence-electron chi connectivity index (χ2n) is 9.46. The van der Waals surface area contributed by atoms with E-state index in [1.807, 2.05) is 47.2 Å². The van der Waals surface area contributed by atoms with Gasteiger partial charge in [-0.3, -0.25) is 14.5 Å². The van der Waals surface area contributed by atoms with Gasteiger partial charge in [-0.2, -0.15) is 0 Å². The number of likely N-dealkylation sites (tertiary alicyclic amines) is 2. The van der Waals surface area contributed by atoms with Crippen molar-refractivity contribution in [1.82, 2.24) is 9.80 Å². The van der Waals surface area contributed by atoms with E-state index in [2.05, 4.69) is 11.0 Å². The third-order valence-corrected chi connectivity index (χ3v) is 7.67. The fourth-order valence-electron chi connectivity index (χ4n) is 6.01. The SMILES string of the molecule is CN1C(=O)CCC[C@]12CN(CC(=O)N1CCCc3ccccc31)C[C@H]2c1ccc(F)cc1. The molecule has 0 saturated carbocycles. The minimum atomic E-state index is -0.354. The molecular weight excluding hydrogens is 405 g/mol. The molecule has 1 spiro atoms. The first kappa shape index (κ1) is 21.1. The summed E-state index contributed by atoms with van der Waals surface area (Å²) in [6.07, 6.45) is 4.29. The summed E-state index contributed by atoms with van der Waals surface area (Å²) in [6, 6.07) is 14.8. The Morgan fingerprint density at radius 2 is 1.88 bits per heavy atom. The number of para-hydroxylation sites is 1. The monoisotopic (exact) mass is 435 g/mol. The summed E-state index contributed by atoms with van der Waals surface area (Å²) in [7, 11) is 1.89. The van der Waals surface area contributed by atoms with Crippen molar-refractivity contribution >= 4 is 17.5 Å². The number of aryl methyl sites for hydroxylation is 1. The van der Waals surface area contributed by atoms with Crippen LogP contribution in [0.2, 0.25) is 0 Å². The quantitative estimate of drug-likeness (QED) is 0.740. The molecule has 0 aromatic heterocycles. The third kappa shape index (κ3) is 3.60. The van der Waals surface area contributed by atoms with Gasteiger partial charge < -0.3 is 9.80 Å². The fourth-order valence-corrected chi connectivity index (χ4v) is 6.01. The molecule has 6 heteroatoms. The number of hydrogen-bond donors (Lipinski definition) is 0. The largest absolute Gasteiger partial charge is 0.338 e. The lowest BCUT2D eigenvalue weighted by molar-refractivity contribution is -0.139. The summed E-state index contributed by atoms with van der Waals surface area (Å²) >= 11 is 0. The van der Waals surface area contributed by atoms with Crippen molar-refractivity contribution in [2.75, 3.05) is 38.1 Å². The zero-order chi connectivity index (χ0) is 22.3. The summed E-state index contributed by atoms with van der Waals surface area (Å²) in [6.45, 7) is 2.42. The van der Waals surface area contributed by atoms with E-state index in [9.17, 15) is 14.0 Å². The molecule has 2 aromatic rings. The topological polar surface area (TPSA) is 43.9 Å². The second-order valence-corrected chi connectivity index (χ2v) is 9.46. The lowest BCUT2D eigenvalue weighted by atomic mass is 9.75. The smallest absolute Gasteiger partial charge is 0.241 e. The highest BCUT2D eigenvalue weighted by Crippen LogP contribution is 2.45. The minimum absolute atomic E-state index is 0.0544. The molecule has 5 nitrogen and oxygen atoms in total. The molecule has 32 heavy (non-hydrogen) atoms. The molecule has 168 valence electrons. The van der Waals surface area contributed by atoms with Crippen LogP contribution in [0.1, 0.15) is 42.7 Å². The van der Waals surface area contributed by atoms with Gasteiger partial charge in [0.2, 0.25) is 11.8 Å². The molecular formula is C26H30FN3O2. The maximum absolute atomic E-state index is 13.6. The predicted octanol–water partition coefficient (Wildman–Crippen LogP) is 3.59. The molecule has 0 N–H and O–H groups in total. The van der Waals surface area contributed by atoms with Crippen molar-refractivity contribution in [3.63, 3.8) is 0 Å². The number of amides is 2. The molecule has 3 aliphatic heterocycles. The molecule has 3 heterocycles. The van der Waals surface area contributed by atoms with Crippen LogP contribution in [-0.4, -0.2) is 60.4 Å². The number of fused-ring (bicyclic) bond motifs is 1. The van der Waals surface area contributed by atoms with E-state index >= 15 is 0 Å². The molecule has 5 rings (SSSR count). The van der Waals surface area contributed by atoms with Crippen LogP contribution in [0.4, 0.5) is 10.1 Å². The second kappa shape index (κ2) is 8.32. The van der Waals surface area contributed by atoms with Gasteiger partial charge in [-0.15, -0.1) is 0 Å². The van der Waals surface area contributed by atoms with Gasteiger partial charge in [-0.25, -0.2) is 4.39 Å². The fraction of sp³-hybridized carbons (Fsp3) is 0.462. The van der Waals surface area contributed by atoms with Crippen LogP contribution in [0.15, 0.2) is 48.5 Å². The van der Waals surface area contributed by atoms with E-state index < -0.39 is 0 Å². The Morgan fingerprint density at radius 3 is 2.69 bits per heavy atom. The van der Waals surface area contributed by atoms with Crippen LogP contribution >= 0.6 is 0 Å². The lowest BCUT2D eigenvalue weighted by Crippen LogP contribution is -2.57. The van der Waals surface area contributed by atoms with Gasteiger partial charge in [0, 0.05) is 44.7 Å². The van der Waals surface area contributed by atoms with Crippen LogP contribution in [0.5, 0.6) is 0 Å². The van der Waals surface area contributed by atoms with Gasteiger partial charge in [-0.1, -0.05) is 30.3 Å². The zero-order valence-electron chi connectivity index (χ0n) is 18.6. The van der Waals surface area contributed by atoms with Gasteiger partial charge >= 0.3 is 0 Å². The van der Waals surface area contributed by atoms with Crippen molar-refractivity contribution in [3.8, 4) is 0 Å². The number of piperidine rings is 1. The first-order chi connectivity index (χ1) is 15.5. The number of benzene rings is 2. The minimum Gasteiger partial charge on any atom is -0.338 e. The van der Waals surface area contributed by atoms with E-state index in [1.54, 1.807) is 0 Å². The molecule has 0 bridgehead atoms. The third-order valence-electron chi connectivity index (χ3n) is 7.67. The molecule has 2 aromatic carbocycles. The highest BCUT2D eigenvalue weighted by molar-refractivity contribution is 5.96. The average Bonchev–Trinajstić information content (AvgIpc) is 3.16. The van der Waals surface area contributed by atoms with Gasteiger partial charge in [0.25, 0.3) is 0 Å². The molecule has 2 fully saturated rings. The van der Waals surface area contributed by atoms with Crippen molar-refractivity contribution in [3.05, 3.63) is 65.5 Å². The summed E-state index contributed by atoms with van der Waals surface area (Å²) in [5, 5.41) is 0.